The normalized spacial score (nSPS) is 14.3. The average molecular weight is 337 g/mol. The lowest BCUT2D eigenvalue weighted by Gasteiger charge is -2.14. The summed E-state index contributed by atoms with van der Waals surface area (Å²) in [6.07, 6.45) is 0.0804. The first-order valence-electron chi connectivity index (χ1n) is 7.38. The molecule has 3 rings (SSSR count). The van der Waals surface area contributed by atoms with Crippen LogP contribution in [0.25, 0.3) is 0 Å². The van der Waals surface area contributed by atoms with Crippen LogP contribution in [0.15, 0.2) is 36.7 Å². The van der Waals surface area contributed by atoms with Gasteiger partial charge in [0, 0.05) is 18.9 Å². The summed E-state index contributed by atoms with van der Waals surface area (Å²) >= 11 is 0. The number of nitrogens with one attached hydrogen (secondary N) is 1. The van der Waals surface area contributed by atoms with Crippen LogP contribution in [0.4, 0.5) is 13.2 Å². The summed E-state index contributed by atoms with van der Waals surface area (Å²) in [7, 11) is 0. The third-order valence-electron chi connectivity index (χ3n) is 3.53. The second kappa shape index (κ2) is 6.46. The van der Waals surface area contributed by atoms with E-state index in [2.05, 4.69) is 15.3 Å². The van der Waals surface area contributed by atoms with Crippen molar-refractivity contribution in [1.29, 1.82) is 0 Å². The number of benzene rings is 1. The van der Waals surface area contributed by atoms with E-state index in [0.29, 0.717) is 12.5 Å². The molecule has 0 bridgehead atoms. The molecule has 0 unspecified atom stereocenters. The Balaban J connectivity index is 1.84. The van der Waals surface area contributed by atoms with E-state index < -0.39 is 23.4 Å². The zero-order chi connectivity index (χ0) is 17.2. The molecule has 1 aliphatic rings. The lowest BCUT2D eigenvalue weighted by atomic mass is 10.2. The SMILES string of the molecule is O=C(NCC1CC1)c1nccnc1Oc1ccccc1C(F)(F)F. The molecule has 1 aliphatic carbocycles. The molecule has 1 saturated carbocycles. The Morgan fingerprint density at radius 2 is 1.92 bits per heavy atom. The number of nitrogens with zero attached hydrogens (tertiary/aromatic N) is 2. The maximum absolute atomic E-state index is 13.0. The molecule has 1 N–H and O–H groups in total. The highest BCUT2D eigenvalue weighted by molar-refractivity contribution is 5.94. The number of amides is 1. The van der Waals surface area contributed by atoms with Gasteiger partial charge in [-0.1, -0.05) is 12.1 Å². The van der Waals surface area contributed by atoms with Crippen LogP contribution in [0.2, 0.25) is 0 Å². The second-order valence-electron chi connectivity index (χ2n) is 5.46. The van der Waals surface area contributed by atoms with E-state index in [1.54, 1.807) is 0 Å². The Kier molecular flexibility index (Phi) is 4.37. The number of alkyl halides is 3. The summed E-state index contributed by atoms with van der Waals surface area (Å²) in [5.41, 5.74) is -1.09. The van der Waals surface area contributed by atoms with Gasteiger partial charge in [0.25, 0.3) is 11.8 Å². The Hall–Kier alpha value is -2.64. The van der Waals surface area contributed by atoms with Gasteiger partial charge >= 0.3 is 6.18 Å². The Morgan fingerprint density at radius 1 is 1.21 bits per heavy atom. The largest absolute Gasteiger partial charge is 0.436 e. The maximum atomic E-state index is 13.0. The smallest absolute Gasteiger partial charge is 0.419 e. The Bertz CT molecular complexity index is 745. The van der Waals surface area contributed by atoms with E-state index in [1.165, 1.54) is 30.6 Å². The quantitative estimate of drug-likeness (QED) is 0.908. The molecule has 1 amide bonds. The number of para-hydroxylation sites is 1. The summed E-state index contributed by atoms with van der Waals surface area (Å²) in [6.45, 7) is 0.508. The molecule has 1 aromatic heterocycles. The topological polar surface area (TPSA) is 64.1 Å². The van der Waals surface area contributed by atoms with Crippen LogP contribution < -0.4 is 10.1 Å². The van der Waals surface area contributed by atoms with E-state index in [4.69, 9.17) is 4.74 Å². The van der Waals surface area contributed by atoms with Crippen molar-refractivity contribution in [3.63, 3.8) is 0 Å². The van der Waals surface area contributed by atoms with E-state index >= 15 is 0 Å². The summed E-state index contributed by atoms with van der Waals surface area (Å²) in [4.78, 5) is 19.9. The third-order valence-corrected chi connectivity index (χ3v) is 3.53. The summed E-state index contributed by atoms with van der Waals surface area (Å²) < 4.78 is 44.4. The van der Waals surface area contributed by atoms with Crippen LogP contribution in [-0.2, 0) is 6.18 Å². The van der Waals surface area contributed by atoms with E-state index in [-0.39, 0.29) is 11.6 Å². The van der Waals surface area contributed by atoms with Gasteiger partial charge in [-0.05, 0) is 30.9 Å². The zero-order valence-electron chi connectivity index (χ0n) is 12.5. The summed E-state index contributed by atoms with van der Waals surface area (Å²) in [5, 5.41) is 2.69. The van der Waals surface area contributed by atoms with Crippen molar-refractivity contribution in [2.45, 2.75) is 19.0 Å². The van der Waals surface area contributed by atoms with Crippen molar-refractivity contribution in [2.24, 2.45) is 5.92 Å². The van der Waals surface area contributed by atoms with Gasteiger partial charge in [-0.25, -0.2) is 9.97 Å². The highest BCUT2D eigenvalue weighted by Gasteiger charge is 2.34. The fraction of sp³-hybridized carbons (Fsp3) is 0.312. The maximum Gasteiger partial charge on any atom is 0.419 e. The molecule has 8 heteroatoms. The molecule has 1 fully saturated rings. The van der Waals surface area contributed by atoms with Gasteiger partial charge in [0.1, 0.15) is 5.75 Å². The minimum absolute atomic E-state index is 0.143. The molecule has 0 aliphatic heterocycles. The molecular formula is C16H14F3N3O2. The van der Waals surface area contributed by atoms with Gasteiger partial charge in [0.15, 0.2) is 5.69 Å². The molecule has 126 valence electrons. The predicted molar refractivity (Wildman–Crippen MR) is 78.6 cm³/mol. The van der Waals surface area contributed by atoms with Crippen LogP contribution in [0.1, 0.15) is 28.9 Å². The first kappa shape index (κ1) is 16.2. The van der Waals surface area contributed by atoms with Gasteiger partial charge < -0.3 is 10.1 Å². The lowest BCUT2D eigenvalue weighted by Crippen LogP contribution is -2.27. The molecule has 0 spiro atoms. The first-order chi connectivity index (χ1) is 11.4. The standard InChI is InChI=1S/C16H14F3N3O2/c17-16(18,19)11-3-1-2-4-12(11)24-15-13(20-7-8-21-15)14(23)22-9-10-5-6-10/h1-4,7-8,10H,5-6,9H2,(H,22,23). The first-order valence-corrected chi connectivity index (χ1v) is 7.38. The van der Waals surface area contributed by atoms with E-state index in [0.717, 1.165) is 18.9 Å². The molecular weight excluding hydrogens is 323 g/mol. The van der Waals surface area contributed by atoms with Crippen LogP contribution in [0.5, 0.6) is 11.6 Å². The minimum Gasteiger partial charge on any atom is -0.436 e. The van der Waals surface area contributed by atoms with Crippen molar-refractivity contribution >= 4 is 5.91 Å². The molecule has 1 aromatic carbocycles. The monoisotopic (exact) mass is 337 g/mol. The lowest BCUT2D eigenvalue weighted by molar-refractivity contribution is -0.138. The number of carbonyl (C=O) groups is 1. The van der Waals surface area contributed by atoms with Crippen molar-refractivity contribution < 1.29 is 22.7 Å². The van der Waals surface area contributed by atoms with Crippen LogP contribution in [0, 0.1) is 5.92 Å². The van der Waals surface area contributed by atoms with Gasteiger partial charge in [-0.2, -0.15) is 13.2 Å². The number of carbonyl (C=O) groups excluding carboxylic acids is 1. The number of halogens is 3. The van der Waals surface area contributed by atoms with Gasteiger partial charge in [0.2, 0.25) is 0 Å². The van der Waals surface area contributed by atoms with Crippen molar-refractivity contribution in [2.75, 3.05) is 6.54 Å². The molecule has 0 radical (unpaired) electrons. The molecule has 5 nitrogen and oxygen atoms in total. The summed E-state index contributed by atoms with van der Waals surface area (Å²) in [6, 6.07) is 4.74. The van der Waals surface area contributed by atoms with Gasteiger partial charge in [-0.3, -0.25) is 4.79 Å². The summed E-state index contributed by atoms with van der Waals surface area (Å²) in [5.74, 6) is -0.750. The number of hydrogen-bond acceptors (Lipinski definition) is 4. The fourth-order valence-corrected chi connectivity index (χ4v) is 2.09. The van der Waals surface area contributed by atoms with Crippen molar-refractivity contribution in [1.82, 2.24) is 15.3 Å². The Labute approximate surface area is 135 Å². The molecule has 0 atom stereocenters. The predicted octanol–water partition coefficient (Wildman–Crippen LogP) is 3.43. The minimum atomic E-state index is -4.58. The van der Waals surface area contributed by atoms with Crippen molar-refractivity contribution in [3.8, 4) is 11.6 Å². The van der Waals surface area contributed by atoms with Gasteiger partial charge in [0.05, 0.1) is 5.56 Å². The third kappa shape index (κ3) is 3.81. The van der Waals surface area contributed by atoms with Gasteiger partial charge in [-0.15, -0.1) is 0 Å². The molecule has 2 aromatic rings. The van der Waals surface area contributed by atoms with Crippen LogP contribution >= 0.6 is 0 Å². The average Bonchev–Trinajstić information content (AvgIpc) is 3.37. The number of ether oxygens (including phenoxy) is 1. The Morgan fingerprint density at radius 3 is 2.62 bits per heavy atom. The fourth-order valence-electron chi connectivity index (χ4n) is 2.09. The second-order valence-corrected chi connectivity index (χ2v) is 5.46. The van der Waals surface area contributed by atoms with Crippen LogP contribution in [0.3, 0.4) is 0 Å². The highest BCUT2D eigenvalue weighted by Crippen LogP contribution is 2.37. The zero-order valence-corrected chi connectivity index (χ0v) is 12.5. The van der Waals surface area contributed by atoms with E-state index in [1.807, 2.05) is 0 Å². The number of hydrogen-bond donors (Lipinski definition) is 1. The molecule has 0 saturated heterocycles. The highest BCUT2D eigenvalue weighted by atomic mass is 19.4. The molecule has 1 heterocycles. The molecule has 24 heavy (non-hydrogen) atoms. The van der Waals surface area contributed by atoms with E-state index in [9.17, 15) is 18.0 Å². The van der Waals surface area contributed by atoms with Crippen LogP contribution in [-0.4, -0.2) is 22.4 Å². The number of rotatable bonds is 5. The van der Waals surface area contributed by atoms with Crippen molar-refractivity contribution in [3.05, 3.63) is 47.9 Å². The number of aromatic nitrogens is 2.